The van der Waals surface area contributed by atoms with Gasteiger partial charge >= 0.3 is 11.9 Å². The summed E-state index contributed by atoms with van der Waals surface area (Å²) in [6.07, 6.45) is 10.9. The van der Waals surface area contributed by atoms with Crippen LogP contribution in [0.25, 0.3) is 0 Å². The predicted molar refractivity (Wildman–Crippen MR) is 104 cm³/mol. The van der Waals surface area contributed by atoms with Crippen molar-refractivity contribution in [3.63, 3.8) is 0 Å². The summed E-state index contributed by atoms with van der Waals surface area (Å²) in [6.45, 7) is 2.70. The van der Waals surface area contributed by atoms with Crippen LogP contribution in [0.15, 0.2) is 24.3 Å². The number of benzene rings is 1. The molecule has 0 saturated heterocycles. The standard InChI is InChI=1S/C22H33FO4/c1-2-3-4-11-17-26-21(24)15-9-7-5-6-8-10-16-22(25)27-20-14-12-13-19(23)18-20/h12-14,18H,2-11,15-17H2,1H3. The third kappa shape index (κ3) is 13.0. The van der Waals surface area contributed by atoms with E-state index in [4.69, 9.17) is 9.47 Å². The summed E-state index contributed by atoms with van der Waals surface area (Å²) in [5.41, 5.74) is 0. The second kappa shape index (κ2) is 15.2. The SMILES string of the molecule is CCCCCCOC(=O)CCCCCCCCC(=O)Oc1cccc(F)c1. The van der Waals surface area contributed by atoms with Crippen LogP contribution < -0.4 is 4.74 Å². The van der Waals surface area contributed by atoms with E-state index in [0.717, 1.165) is 51.4 Å². The van der Waals surface area contributed by atoms with E-state index in [9.17, 15) is 14.0 Å². The smallest absolute Gasteiger partial charge is 0.311 e. The molecule has 0 spiro atoms. The van der Waals surface area contributed by atoms with E-state index in [1.165, 1.54) is 31.0 Å². The lowest BCUT2D eigenvalue weighted by atomic mass is 10.1. The molecule has 5 heteroatoms. The zero-order chi connectivity index (χ0) is 19.7. The van der Waals surface area contributed by atoms with Crippen molar-refractivity contribution in [3.05, 3.63) is 30.1 Å². The first-order valence-electron chi connectivity index (χ1n) is 10.2. The van der Waals surface area contributed by atoms with Gasteiger partial charge in [-0.2, -0.15) is 0 Å². The molecule has 27 heavy (non-hydrogen) atoms. The highest BCUT2D eigenvalue weighted by molar-refractivity contribution is 5.72. The fraction of sp³-hybridized carbons (Fsp3) is 0.636. The lowest BCUT2D eigenvalue weighted by molar-refractivity contribution is -0.144. The van der Waals surface area contributed by atoms with Gasteiger partial charge in [-0.1, -0.05) is 57.9 Å². The molecule has 1 rings (SSSR count). The van der Waals surface area contributed by atoms with Gasteiger partial charge in [0.05, 0.1) is 6.61 Å². The van der Waals surface area contributed by atoms with Gasteiger partial charge in [0.25, 0.3) is 0 Å². The Morgan fingerprint density at radius 1 is 0.852 bits per heavy atom. The number of unbranched alkanes of at least 4 members (excludes halogenated alkanes) is 8. The molecule has 0 radical (unpaired) electrons. The Hall–Kier alpha value is -1.91. The van der Waals surface area contributed by atoms with Crippen LogP contribution in [0.3, 0.4) is 0 Å². The number of esters is 2. The van der Waals surface area contributed by atoms with Crippen molar-refractivity contribution < 1.29 is 23.5 Å². The molecule has 0 N–H and O–H groups in total. The van der Waals surface area contributed by atoms with Crippen molar-refractivity contribution in [2.75, 3.05) is 6.61 Å². The first-order chi connectivity index (χ1) is 13.1. The van der Waals surface area contributed by atoms with Crippen LogP contribution in [0.2, 0.25) is 0 Å². The number of ether oxygens (including phenoxy) is 2. The quantitative estimate of drug-likeness (QED) is 0.213. The third-order valence-corrected chi connectivity index (χ3v) is 4.30. The summed E-state index contributed by atoms with van der Waals surface area (Å²) in [6, 6.07) is 5.59. The van der Waals surface area contributed by atoms with Crippen molar-refractivity contribution in [1.29, 1.82) is 0 Å². The Morgan fingerprint density at radius 3 is 2.15 bits per heavy atom. The average molecular weight is 380 g/mol. The van der Waals surface area contributed by atoms with Gasteiger partial charge in [0.15, 0.2) is 0 Å². The Labute approximate surface area is 162 Å². The van der Waals surface area contributed by atoms with E-state index in [2.05, 4.69) is 6.92 Å². The zero-order valence-corrected chi connectivity index (χ0v) is 16.5. The third-order valence-electron chi connectivity index (χ3n) is 4.30. The Kier molecular flexibility index (Phi) is 13.0. The van der Waals surface area contributed by atoms with Crippen LogP contribution in [-0.2, 0) is 14.3 Å². The summed E-state index contributed by atoms with van der Waals surface area (Å²) in [5.74, 6) is -0.591. The van der Waals surface area contributed by atoms with Gasteiger partial charge in [0.1, 0.15) is 11.6 Å². The lowest BCUT2D eigenvalue weighted by Crippen LogP contribution is -2.07. The molecule has 0 aliphatic heterocycles. The molecular weight excluding hydrogens is 347 g/mol. The maximum atomic E-state index is 13.0. The lowest BCUT2D eigenvalue weighted by Gasteiger charge is -2.05. The predicted octanol–water partition coefficient (Wildman–Crippen LogP) is 5.98. The van der Waals surface area contributed by atoms with Crippen LogP contribution in [0, 0.1) is 5.82 Å². The van der Waals surface area contributed by atoms with Crippen molar-refractivity contribution in [2.45, 2.75) is 84.0 Å². The van der Waals surface area contributed by atoms with E-state index in [-0.39, 0.29) is 17.7 Å². The van der Waals surface area contributed by atoms with Gasteiger partial charge in [0.2, 0.25) is 0 Å². The number of carbonyl (C=O) groups excluding carboxylic acids is 2. The summed E-state index contributed by atoms with van der Waals surface area (Å²) in [4.78, 5) is 23.2. The first kappa shape index (κ1) is 23.1. The number of halogens is 1. The maximum Gasteiger partial charge on any atom is 0.311 e. The average Bonchev–Trinajstić information content (AvgIpc) is 2.63. The number of hydrogen-bond acceptors (Lipinski definition) is 4. The minimum Gasteiger partial charge on any atom is -0.466 e. The van der Waals surface area contributed by atoms with Crippen LogP contribution in [0.5, 0.6) is 5.75 Å². The van der Waals surface area contributed by atoms with E-state index < -0.39 is 5.82 Å². The zero-order valence-electron chi connectivity index (χ0n) is 16.5. The molecule has 0 unspecified atom stereocenters. The highest BCUT2D eigenvalue weighted by atomic mass is 19.1. The van der Waals surface area contributed by atoms with E-state index in [0.29, 0.717) is 19.4 Å². The highest BCUT2D eigenvalue weighted by Crippen LogP contribution is 2.14. The highest BCUT2D eigenvalue weighted by Gasteiger charge is 2.06. The second-order valence-electron chi connectivity index (χ2n) is 6.83. The van der Waals surface area contributed by atoms with Crippen LogP contribution in [0.1, 0.15) is 84.0 Å². The number of hydrogen-bond donors (Lipinski definition) is 0. The molecule has 0 aliphatic carbocycles. The van der Waals surface area contributed by atoms with Crippen molar-refractivity contribution in [1.82, 2.24) is 0 Å². The Balaban J connectivity index is 1.91. The summed E-state index contributed by atoms with van der Waals surface area (Å²) < 4.78 is 23.3. The van der Waals surface area contributed by atoms with E-state index in [1.807, 2.05) is 0 Å². The molecule has 0 aromatic heterocycles. The Morgan fingerprint density at radius 2 is 1.48 bits per heavy atom. The molecule has 0 aliphatic rings. The molecule has 152 valence electrons. The van der Waals surface area contributed by atoms with Gasteiger partial charge in [0, 0.05) is 18.9 Å². The molecule has 1 aromatic rings. The van der Waals surface area contributed by atoms with Crippen molar-refractivity contribution in [3.8, 4) is 5.75 Å². The second-order valence-corrected chi connectivity index (χ2v) is 6.83. The van der Waals surface area contributed by atoms with E-state index in [1.54, 1.807) is 6.07 Å². The minimum atomic E-state index is -0.416. The molecule has 4 nitrogen and oxygen atoms in total. The van der Waals surface area contributed by atoms with Gasteiger partial charge in [-0.15, -0.1) is 0 Å². The molecule has 0 heterocycles. The van der Waals surface area contributed by atoms with Crippen LogP contribution in [-0.4, -0.2) is 18.5 Å². The molecule has 0 bridgehead atoms. The van der Waals surface area contributed by atoms with Crippen molar-refractivity contribution in [2.24, 2.45) is 0 Å². The maximum absolute atomic E-state index is 13.0. The van der Waals surface area contributed by atoms with Crippen LogP contribution >= 0.6 is 0 Å². The summed E-state index contributed by atoms with van der Waals surface area (Å²) >= 11 is 0. The minimum absolute atomic E-state index is 0.0911. The van der Waals surface area contributed by atoms with Crippen LogP contribution in [0.4, 0.5) is 4.39 Å². The van der Waals surface area contributed by atoms with Gasteiger partial charge in [-0.05, 0) is 31.4 Å². The fourth-order valence-corrected chi connectivity index (χ4v) is 2.75. The van der Waals surface area contributed by atoms with Crippen molar-refractivity contribution >= 4 is 11.9 Å². The molecule has 0 amide bonds. The summed E-state index contributed by atoms with van der Waals surface area (Å²) in [7, 11) is 0. The molecule has 0 fully saturated rings. The topological polar surface area (TPSA) is 52.6 Å². The summed E-state index contributed by atoms with van der Waals surface area (Å²) in [5, 5.41) is 0. The monoisotopic (exact) mass is 380 g/mol. The largest absolute Gasteiger partial charge is 0.466 e. The first-order valence-corrected chi connectivity index (χ1v) is 10.2. The Bertz CT molecular complexity index is 545. The number of carbonyl (C=O) groups is 2. The molecule has 0 atom stereocenters. The molecular formula is C22H33FO4. The normalized spacial score (nSPS) is 10.6. The van der Waals surface area contributed by atoms with Gasteiger partial charge < -0.3 is 9.47 Å². The molecule has 0 saturated carbocycles. The van der Waals surface area contributed by atoms with E-state index >= 15 is 0 Å². The van der Waals surface area contributed by atoms with Gasteiger partial charge in [-0.25, -0.2) is 4.39 Å². The van der Waals surface area contributed by atoms with Gasteiger partial charge in [-0.3, -0.25) is 9.59 Å². The number of rotatable bonds is 15. The molecule has 1 aromatic carbocycles. The fourth-order valence-electron chi connectivity index (χ4n) is 2.75.